The van der Waals surface area contributed by atoms with Crippen LogP contribution in [0.15, 0.2) is 24.3 Å². The molecule has 1 aromatic rings. The molecular formula is C22H32ClFN2O5. The third-order valence-electron chi connectivity index (χ3n) is 3.26. The van der Waals surface area contributed by atoms with E-state index in [1.165, 1.54) is 18.2 Å². The van der Waals surface area contributed by atoms with Gasteiger partial charge in [-0.25, -0.2) is 14.0 Å². The molecule has 0 aromatic heterocycles. The predicted octanol–water partition coefficient (Wildman–Crippen LogP) is 4.48. The van der Waals surface area contributed by atoms with Crippen LogP contribution in [0.4, 0.5) is 9.18 Å². The first-order valence-corrected chi connectivity index (χ1v) is 9.68. The SMILES string of the molecule is C.CC(C)(C)OC(=O)N[C@@H](CNC(=O)/C=C/c1cccc(Cl)c1F)C(=O)OC(C)(C)C. The maximum absolute atomic E-state index is 13.9. The van der Waals surface area contributed by atoms with Crippen LogP contribution in [0.2, 0.25) is 5.02 Å². The second-order valence-corrected chi connectivity index (χ2v) is 8.86. The third-order valence-corrected chi connectivity index (χ3v) is 3.55. The number of hydrogen-bond acceptors (Lipinski definition) is 5. The summed E-state index contributed by atoms with van der Waals surface area (Å²) in [6.45, 7) is 9.81. The Kier molecular flexibility index (Phi) is 10.7. The zero-order valence-electron chi connectivity index (χ0n) is 18.0. The van der Waals surface area contributed by atoms with Crippen LogP contribution < -0.4 is 10.6 Å². The molecular weight excluding hydrogens is 427 g/mol. The van der Waals surface area contributed by atoms with Crippen molar-refractivity contribution in [2.45, 2.75) is 66.2 Å². The Balaban J connectivity index is 0.00000900. The number of alkyl carbamates (subject to hydrolysis) is 1. The molecule has 0 saturated heterocycles. The lowest BCUT2D eigenvalue weighted by Crippen LogP contribution is -2.51. The van der Waals surface area contributed by atoms with Gasteiger partial charge in [-0.05, 0) is 53.7 Å². The van der Waals surface area contributed by atoms with Crippen molar-refractivity contribution >= 4 is 35.6 Å². The molecule has 1 atom stereocenters. The van der Waals surface area contributed by atoms with E-state index in [1.807, 2.05) is 0 Å². The number of nitrogens with one attached hydrogen (secondary N) is 2. The van der Waals surface area contributed by atoms with E-state index in [0.717, 1.165) is 6.08 Å². The van der Waals surface area contributed by atoms with Gasteiger partial charge in [0, 0.05) is 18.2 Å². The first-order valence-electron chi connectivity index (χ1n) is 9.30. The van der Waals surface area contributed by atoms with Gasteiger partial charge in [0.1, 0.15) is 23.1 Å². The van der Waals surface area contributed by atoms with Crippen molar-refractivity contribution in [2.75, 3.05) is 6.54 Å². The van der Waals surface area contributed by atoms with E-state index < -0.39 is 41.0 Å². The summed E-state index contributed by atoms with van der Waals surface area (Å²) in [5, 5.41) is 4.79. The van der Waals surface area contributed by atoms with Crippen molar-refractivity contribution in [2.24, 2.45) is 0 Å². The number of carbonyl (C=O) groups is 3. The second kappa shape index (κ2) is 11.7. The van der Waals surface area contributed by atoms with Crippen LogP contribution in [0.1, 0.15) is 54.5 Å². The van der Waals surface area contributed by atoms with E-state index in [-0.39, 0.29) is 24.6 Å². The molecule has 2 N–H and O–H groups in total. The van der Waals surface area contributed by atoms with Crippen molar-refractivity contribution < 1.29 is 28.2 Å². The van der Waals surface area contributed by atoms with Crippen LogP contribution in [0.5, 0.6) is 0 Å². The highest BCUT2D eigenvalue weighted by atomic mass is 35.5. The largest absolute Gasteiger partial charge is 0.458 e. The van der Waals surface area contributed by atoms with E-state index in [4.69, 9.17) is 21.1 Å². The van der Waals surface area contributed by atoms with Crippen LogP contribution >= 0.6 is 11.6 Å². The van der Waals surface area contributed by atoms with Crippen molar-refractivity contribution in [3.05, 3.63) is 40.7 Å². The lowest BCUT2D eigenvalue weighted by atomic mass is 10.2. The summed E-state index contributed by atoms with van der Waals surface area (Å²) in [6, 6.07) is 3.21. The molecule has 0 saturated carbocycles. The van der Waals surface area contributed by atoms with Crippen molar-refractivity contribution in [3.8, 4) is 0 Å². The molecule has 0 bridgehead atoms. The van der Waals surface area contributed by atoms with E-state index in [1.54, 1.807) is 47.6 Å². The molecule has 0 radical (unpaired) electrons. The molecule has 2 amide bonds. The van der Waals surface area contributed by atoms with Crippen LogP contribution in [0.25, 0.3) is 6.08 Å². The first-order chi connectivity index (χ1) is 13.7. The summed E-state index contributed by atoms with van der Waals surface area (Å²) in [7, 11) is 0. The van der Waals surface area contributed by atoms with Crippen LogP contribution in [-0.4, -0.2) is 41.8 Å². The number of halogens is 2. The highest BCUT2D eigenvalue weighted by molar-refractivity contribution is 6.30. The maximum atomic E-state index is 13.9. The number of rotatable bonds is 6. The molecule has 0 spiro atoms. The van der Waals surface area contributed by atoms with E-state index >= 15 is 0 Å². The molecule has 0 heterocycles. The minimum Gasteiger partial charge on any atom is -0.458 e. The number of benzene rings is 1. The minimum atomic E-state index is -1.18. The lowest BCUT2D eigenvalue weighted by Gasteiger charge is -2.26. The molecule has 0 unspecified atom stereocenters. The van der Waals surface area contributed by atoms with Gasteiger partial charge in [0.2, 0.25) is 5.91 Å². The standard InChI is InChI=1S/C21H28ClFN2O5.CH4/c1-20(2,3)29-18(27)15(25-19(28)30-21(4,5)6)12-24-16(26)11-10-13-8-7-9-14(22)17(13)23;/h7-11,15H,12H2,1-6H3,(H,24,26)(H,25,28);1H4/b11-10+;/t15-;/m0./s1. The van der Waals surface area contributed by atoms with Gasteiger partial charge in [0.05, 0.1) is 5.02 Å². The van der Waals surface area contributed by atoms with Crippen LogP contribution in [0.3, 0.4) is 0 Å². The van der Waals surface area contributed by atoms with E-state index in [2.05, 4.69) is 10.6 Å². The Bertz CT molecular complexity index is 813. The average Bonchev–Trinajstić information content (AvgIpc) is 2.56. The normalized spacial score (nSPS) is 12.5. The number of amides is 2. The highest BCUT2D eigenvalue weighted by Crippen LogP contribution is 2.18. The van der Waals surface area contributed by atoms with Gasteiger partial charge in [-0.15, -0.1) is 0 Å². The zero-order valence-corrected chi connectivity index (χ0v) is 18.7. The number of esters is 1. The molecule has 174 valence electrons. The topological polar surface area (TPSA) is 93.7 Å². The van der Waals surface area contributed by atoms with Gasteiger partial charge in [-0.3, -0.25) is 4.79 Å². The fraction of sp³-hybridized carbons (Fsp3) is 0.500. The summed E-state index contributed by atoms with van der Waals surface area (Å²) in [6.07, 6.45) is 1.51. The molecule has 0 aliphatic rings. The number of carbonyl (C=O) groups excluding carboxylic acids is 3. The predicted molar refractivity (Wildman–Crippen MR) is 119 cm³/mol. The van der Waals surface area contributed by atoms with Crippen molar-refractivity contribution in [3.63, 3.8) is 0 Å². The monoisotopic (exact) mass is 458 g/mol. The van der Waals surface area contributed by atoms with Crippen molar-refractivity contribution in [1.29, 1.82) is 0 Å². The molecule has 1 aromatic carbocycles. The van der Waals surface area contributed by atoms with E-state index in [9.17, 15) is 18.8 Å². The third kappa shape index (κ3) is 11.4. The Morgan fingerprint density at radius 1 is 1.10 bits per heavy atom. The van der Waals surface area contributed by atoms with E-state index in [0.29, 0.717) is 0 Å². The number of hydrogen-bond donors (Lipinski definition) is 2. The Hall–Kier alpha value is -2.61. The van der Waals surface area contributed by atoms with Gasteiger partial charge in [0.25, 0.3) is 0 Å². The summed E-state index contributed by atoms with van der Waals surface area (Å²) in [4.78, 5) is 36.5. The molecule has 31 heavy (non-hydrogen) atoms. The lowest BCUT2D eigenvalue weighted by molar-refractivity contribution is -0.157. The van der Waals surface area contributed by atoms with Gasteiger partial charge in [0.15, 0.2) is 0 Å². The molecule has 0 aliphatic heterocycles. The Morgan fingerprint density at radius 2 is 1.68 bits per heavy atom. The number of ether oxygens (including phenoxy) is 2. The zero-order chi connectivity index (χ0) is 23.1. The first kappa shape index (κ1) is 28.4. The van der Waals surface area contributed by atoms with Crippen molar-refractivity contribution in [1.82, 2.24) is 10.6 Å². The van der Waals surface area contributed by atoms with Gasteiger partial charge < -0.3 is 20.1 Å². The second-order valence-electron chi connectivity index (χ2n) is 8.45. The molecule has 0 aliphatic carbocycles. The van der Waals surface area contributed by atoms with Gasteiger partial charge >= 0.3 is 12.1 Å². The Morgan fingerprint density at radius 3 is 2.23 bits per heavy atom. The molecule has 9 heteroatoms. The molecule has 0 fully saturated rings. The maximum Gasteiger partial charge on any atom is 0.408 e. The smallest absolute Gasteiger partial charge is 0.408 e. The summed E-state index contributed by atoms with van der Waals surface area (Å²) in [5.74, 6) is -1.99. The fourth-order valence-corrected chi connectivity index (χ4v) is 2.27. The Labute approximate surface area is 188 Å². The summed E-state index contributed by atoms with van der Waals surface area (Å²) < 4.78 is 24.3. The molecule has 1 rings (SSSR count). The summed E-state index contributed by atoms with van der Waals surface area (Å²) in [5.41, 5.74) is -1.43. The van der Waals surface area contributed by atoms with Crippen LogP contribution in [0, 0.1) is 5.82 Å². The average molecular weight is 459 g/mol. The fourth-order valence-electron chi connectivity index (χ4n) is 2.09. The minimum absolute atomic E-state index is 0. The van der Waals surface area contributed by atoms with Crippen LogP contribution in [-0.2, 0) is 19.1 Å². The summed E-state index contributed by atoms with van der Waals surface area (Å²) >= 11 is 5.70. The van der Waals surface area contributed by atoms with Gasteiger partial charge in [-0.2, -0.15) is 0 Å². The highest BCUT2D eigenvalue weighted by Gasteiger charge is 2.28. The quantitative estimate of drug-likeness (QED) is 0.484. The van der Waals surface area contributed by atoms with Gasteiger partial charge in [-0.1, -0.05) is 31.2 Å². The molecule has 7 nitrogen and oxygen atoms in total.